The second kappa shape index (κ2) is 9.90. The Morgan fingerprint density at radius 3 is 2.64 bits per heavy atom. The van der Waals surface area contributed by atoms with Crippen molar-refractivity contribution in [3.8, 4) is 5.69 Å². The summed E-state index contributed by atoms with van der Waals surface area (Å²) in [6, 6.07) is 10.6. The van der Waals surface area contributed by atoms with Crippen LogP contribution in [0, 0.1) is 13.8 Å². The molecule has 0 unspecified atom stereocenters. The van der Waals surface area contributed by atoms with Gasteiger partial charge in [0.15, 0.2) is 5.13 Å². The molecule has 3 N–H and O–H groups in total. The molecule has 10 heteroatoms. The maximum atomic E-state index is 13.5. The van der Waals surface area contributed by atoms with E-state index in [1.807, 2.05) is 26.1 Å². The Labute approximate surface area is 211 Å². The van der Waals surface area contributed by atoms with Gasteiger partial charge in [-0.3, -0.25) is 9.59 Å². The lowest BCUT2D eigenvalue weighted by molar-refractivity contribution is 0.102. The van der Waals surface area contributed by atoms with Gasteiger partial charge in [-0.15, -0.1) is 0 Å². The van der Waals surface area contributed by atoms with Gasteiger partial charge in [0.25, 0.3) is 11.8 Å². The van der Waals surface area contributed by atoms with E-state index in [2.05, 4.69) is 25.9 Å². The van der Waals surface area contributed by atoms with Gasteiger partial charge in [-0.25, -0.2) is 14.4 Å². The molecule has 2 amide bonds. The van der Waals surface area contributed by atoms with E-state index in [9.17, 15) is 14.0 Å². The molecule has 0 aliphatic heterocycles. The van der Waals surface area contributed by atoms with Gasteiger partial charge in [0, 0.05) is 34.9 Å². The average molecular weight is 505 g/mol. The molecule has 2 aromatic carbocycles. The summed E-state index contributed by atoms with van der Waals surface area (Å²) in [5.74, 6) is -0.651. The highest BCUT2D eigenvalue weighted by Crippen LogP contribution is 2.28. The Morgan fingerprint density at radius 1 is 1.08 bits per heavy atom. The van der Waals surface area contributed by atoms with Gasteiger partial charge in [-0.1, -0.05) is 17.4 Å². The van der Waals surface area contributed by atoms with Crippen LogP contribution < -0.4 is 16.0 Å². The number of aromatic nitrogens is 3. The molecule has 0 saturated heterocycles. The molecule has 2 aromatic heterocycles. The largest absolute Gasteiger partial charge is 0.359 e. The maximum absolute atomic E-state index is 13.5. The molecule has 0 bridgehead atoms. The molecule has 1 aliphatic rings. The molecule has 0 atom stereocenters. The lowest BCUT2D eigenvalue weighted by Crippen LogP contribution is -2.15. The van der Waals surface area contributed by atoms with Crippen molar-refractivity contribution in [2.75, 3.05) is 16.0 Å². The van der Waals surface area contributed by atoms with Crippen molar-refractivity contribution >= 4 is 39.7 Å². The van der Waals surface area contributed by atoms with Crippen LogP contribution in [0.15, 0.2) is 55.1 Å². The number of imidazole rings is 1. The average Bonchev–Trinajstić information content (AvgIpc) is 3.37. The second-order valence-corrected chi connectivity index (χ2v) is 9.86. The topological polar surface area (TPSA) is 101 Å². The highest BCUT2D eigenvalue weighted by molar-refractivity contribution is 7.17. The number of halogens is 1. The zero-order valence-corrected chi connectivity index (χ0v) is 20.7. The number of alkyl halides is 1. The summed E-state index contributed by atoms with van der Waals surface area (Å²) in [7, 11) is 0. The summed E-state index contributed by atoms with van der Waals surface area (Å²) in [6.07, 6.45) is 7.24. The molecule has 8 nitrogen and oxygen atoms in total. The molecule has 5 rings (SSSR count). The molecule has 1 aliphatic carbocycles. The van der Waals surface area contributed by atoms with E-state index in [0.717, 1.165) is 29.2 Å². The lowest BCUT2D eigenvalue weighted by Gasteiger charge is -2.12. The minimum Gasteiger partial charge on any atom is -0.359 e. The molecule has 0 radical (unpaired) electrons. The number of amides is 2. The van der Waals surface area contributed by atoms with Crippen molar-refractivity contribution < 1.29 is 14.0 Å². The van der Waals surface area contributed by atoms with Crippen LogP contribution in [0.25, 0.3) is 5.69 Å². The highest BCUT2D eigenvalue weighted by atomic mass is 32.1. The molecule has 4 aromatic rings. The third-order valence-electron chi connectivity index (χ3n) is 5.78. The lowest BCUT2D eigenvalue weighted by atomic mass is 10.1. The van der Waals surface area contributed by atoms with Crippen LogP contribution in [0.5, 0.6) is 0 Å². The van der Waals surface area contributed by atoms with Crippen molar-refractivity contribution in [3.05, 3.63) is 82.4 Å². The smallest absolute Gasteiger partial charge is 0.267 e. The number of hydrogen-bond acceptors (Lipinski definition) is 6. The van der Waals surface area contributed by atoms with Gasteiger partial charge in [0.05, 0.1) is 18.2 Å². The van der Waals surface area contributed by atoms with E-state index in [1.165, 1.54) is 17.4 Å². The molecule has 1 fully saturated rings. The number of carbonyl (C=O) groups is 2. The molecular formula is C26H25FN6O2S. The number of anilines is 3. The van der Waals surface area contributed by atoms with Crippen molar-refractivity contribution in [2.24, 2.45) is 0 Å². The number of nitrogens with zero attached hydrogens (tertiary/aromatic N) is 3. The minimum atomic E-state index is -0.696. The van der Waals surface area contributed by atoms with Gasteiger partial charge in [-0.2, -0.15) is 0 Å². The number of carbonyl (C=O) groups excluding carboxylic acids is 2. The van der Waals surface area contributed by atoms with E-state index in [-0.39, 0.29) is 11.8 Å². The first-order valence-electron chi connectivity index (χ1n) is 11.5. The molecule has 36 heavy (non-hydrogen) atoms. The van der Waals surface area contributed by atoms with Gasteiger partial charge in [-0.05, 0) is 68.1 Å². The van der Waals surface area contributed by atoms with Crippen LogP contribution >= 0.6 is 11.3 Å². The fourth-order valence-electron chi connectivity index (χ4n) is 3.66. The molecular weight excluding hydrogens is 479 g/mol. The van der Waals surface area contributed by atoms with Crippen molar-refractivity contribution in [2.45, 2.75) is 39.4 Å². The first kappa shape index (κ1) is 23.7. The van der Waals surface area contributed by atoms with E-state index >= 15 is 0 Å². The predicted octanol–water partition coefficient (Wildman–Crippen LogP) is 5.49. The van der Waals surface area contributed by atoms with Gasteiger partial charge < -0.3 is 20.5 Å². The van der Waals surface area contributed by atoms with Crippen LogP contribution in [0.4, 0.5) is 20.9 Å². The van der Waals surface area contributed by atoms with Crippen LogP contribution in [-0.2, 0) is 6.67 Å². The van der Waals surface area contributed by atoms with Crippen molar-refractivity contribution in [3.63, 3.8) is 0 Å². The number of rotatable bonds is 8. The van der Waals surface area contributed by atoms with E-state index in [1.54, 1.807) is 41.4 Å². The molecule has 184 valence electrons. The van der Waals surface area contributed by atoms with Crippen LogP contribution in [0.1, 0.15) is 49.7 Å². The normalized spacial score (nSPS) is 12.9. The van der Waals surface area contributed by atoms with E-state index < -0.39 is 6.67 Å². The molecule has 0 spiro atoms. The Morgan fingerprint density at radius 2 is 1.92 bits per heavy atom. The van der Waals surface area contributed by atoms with Crippen LogP contribution in [0.3, 0.4) is 0 Å². The Bertz CT molecular complexity index is 1440. The highest BCUT2D eigenvalue weighted by Gasteiger charge is 2.23. The third-order valence-corrected chi connectivity index (χ3v) is 6.71. The van der Waals surface area contributed by atoms with Gasteiger partial charge >= 0.3 is 0 Å². The van der Waals surface area contributed by atoms with E-state index in [0.29, 0.717) is 39.1 Å². The standard InChI is InChI=1S/C26H25FN6O2S/c1-15-3-4-20(10-22(15)32-25(35)23-12-28-26(36-23)31-19-5-6-19)30-24(34)18-7-17(11-27)8-21(9-18)33-13-16(2)29-14-33/h3-4,7-10,12-14,19H,5-6,11H2,1-2H3,(H,28,31)(H,30,34)(H,32,35). The summed E-state index contributed by atoms with van der Waals surface area (Å²) in [5, 5.41) is 9.78. The fourth-order valence-corrected chi connectivity index (χ4v) is 4.45. The number of benzene rings is 2. The maximum Gasteiger partial charge on any atom is 0.267 e. The summed E-state index contributed by atoms with van der Waals surface area (Å²) >= 11 is 1.31. The van der Waals surface area contributed by atoms with Crippen LogP contribution in [-0.4, -0.2) is 32.4 Å². The minimum absolute atomic E-state index is 0.265. The number of thiazole rings is 1. The van der Waals surface area contributed by atoms with Crippen LogP contribution in [0.2, 0.25) is 0 Å². The molecule has 1 saturated carbocycles. The Balaban J connectivity index is 1.32. The number of hydrogen-bond donors (Lipinski definition) is 3. The first-order chi connectivity index (χ1) is 17.4. The third kappa shape index (κ3) is 5.44. The first-order valence-corrected chi connectivity index (χ1v) is 12.4. The van der Waals surface area contributed by atoms with Crippen molar-refractivity contribution in [1.29, 1.82) is 0 Å². The predicted molar refractivity (Wildman–Crippen MR) is 139 cm³/mol. The summed E-state index contributed by atoms with van der Waals surface area (Å²) in [4.78, 5) is 34.8. The fraction of sp³-hybridized carbons (Fsp3) is 0.231. The number of aryl methyl sites for hydroxylation is 2. The quantitative estimate of drug-likeness (QED) is 0.294. The Kier molecular flexibility index (Phi) is 6.51. The number of nitrogens with one attached hydrogen (secondary N) is 3. The summed E-state index contributed by atoms with van der Waals surface area (Å²) < 4.78 is 15.3. The van der Waals surface area contributed by atoms with Gasteiger partial charge in [0.1, 0.15) is 11.6 Å². The summed E-state index contributed by atoms with van der Waals surface area (Å²) in [5.41, 5.74) is 4.10. The molecule has 2 heterocycles. The Hall–Kier alpha value is -4.05. The van der Waals surface area contributed by atoms with Gasteiger partial charge in [0.2, 0.25) is 0 Å². The van der Waals surface area contributed by atoms with Crippen molar-refractivity contribution in [1.82, 2.24) is 14.5 Å². The SMILES string of the molecule is Cc1cn(-c2cc(CF)cc(C(=O)Nc3ccc(C)c(NC(=O)c4cnc(NC5CC5)s4)c3)c2)cn1. The second-order valence-electron chi connectivity index (χ2n) is 8.83. The summed E-state index contributed by atoms with van der Waals surface area (Å²) in [6.45, 7) is 3.03. The van der Waals surface area contributed by atoms with E-state index in [4.69, 9.17) is 0 Å². The zero-order chi connectivity index (χ0) is 25.2. The monoisotopic (exact) mass is 504 g/mol. The zero-order valence-electron chi connectivity index (χ0n) is 19.8.